The molecule has 0 bridgehead atoms. The predicted molar refractivity (Wildman–Crippen MR) is 400 cm³/mol. The number of ether oxygens (including phenoxy) is 6. The summed E-state index contributed by atoms with van der Waals surface area (Å²) in [5.74, 6) is -1.19. The van der Waals surface area contributed by atoms with Gasteiger partial charge in [-0.1, -0.05) is 350 Å². The number of unbranched alkanes of at least 4 members (excludes halogenated alkanes) is 48. The lowest BCUT2D eigenvalue weighted by atomic mass is 10.1. The van der Waals surface area contributed by atoms with Crippen molar-refractivity contribution >= 4 is 23.6 Å². The van der Waals surface area contributed by atoms with Gasteiger partial charge in [0.1, 0.15) is 0 Å². The Bertz CT molecular complexity index is 1930. The molecule has 14 heteroatoms. The van der Waals surface area contributed by atoms with Crippen molar-refractivity contribution in [3.8, 4) is 34.5 Å². The molecule has 0 heterocycles. The summed E-state index contributed by atoms with van der Waals surface area (Å²) < 4.78 is 39.1. The van der Waals surface area contributed by atoms with Crippen molar-refractivity contribution in [2.24, 2.45) is 0 Å². The van der Waals surface area contributed by atoms with E-state index in [4.69, 9.17) is 28.4 Å². The maximum Gasteiger partial charge on any atom is 0.329 e. The molecule has 4 amide bonds. The van der Waals surface area contributed by atoms with Crippen molar-refractivity contribution in [1.82, 2.24) is 21.7 Å². The fourth-order valence-electron chi connectivity index (χ4n) is 12.2. The molecule has 0 fully saturated rings. The Labute approximate surface area is 588 Å². The van der Waals surface area contributed by atoms with Gasteiger partial charge in [0.05, 0.1) is 39.6 Å². The SMILES string of the molecule is CCCCCCCCCCCOc1cc(C(=O)NNC(=O)C(=O)NNC(=O)c2cc(OCCCCCCCCCCC)c(OCCCCCCCCCCC)c(OCCCCCCCCCCC)c2)cc(OCCCCCCCCCCC)c1OCCCCCCCCCCC. The van der Waals surface area contributed by atoms with Crippen molar-refractivity contribution in [2.75, 3.05) is 39.6 Å². The molecular formula is C82H146N4O10. The number of nitrogens with one attached hydrogen (secondary N) is 4. The van der Waals surface area contributed by atoms with E-state index >= 15 is 0 Å². The normalized spacial score (nSPS) is 11.2. The largest absolute Gasteiger partial charge is 0.490 e. The third kappa shape index (κ3) is 47.2. The van der Waals surface area contributed by atoms with E-state index in [-0.39, 0.29) is 11.1 Å². The Morgan fingerprint density at radius 2 is 0.375 bits per heavy atom. The molecule has 2 aromatic rings. The quantitative estimate of drug-likeness (QED) is 0.0284. The van der Waals surface area contributed by atoms with Crippen LogP contribution in [-0.4, -0.2) is 63.3 Å². The first-order chi connectivity index (χ1) is 47.2. The number of hydrazine groups is 2. The molecule has 0 aromatic heterocycles. The van der Waals surface area contributed by atoms with Crippen molar-refractivity contribution in [1.29, 1.82) is 0 Å². The average molecular weight is 1350 g/mol. The Morgan fingerprint density at radius 1 is 0.219 bits per heavy atom. The van der Waals surface area contributed by atoms with Gasteiger partial charge in [-0.25, -0.2) is 0 Å². The monoisotopic (exact) mass is 1350 g/mol. The zero-order chi connectivity index (χ0) is 69.3. The molecule has 96 heavy (non-hydrogen) atoms. The van der Waals surface area contributed by atoms with Crippen molar-refractivity contribution in [2.45, 2.75) is 388 Å². The van der Waals surface area contributed by atoms with E-state index in [9.17, 15) is 19.2 Å². The van der Waals surface area contributed by atoms with Crippen LogP contribution in [0.3, 0.4) is 0 Å². The molecule has 0 aliphatic carbocycles. The first kappa shape index (κ1) is 87.2. The summed E-state index contributed by atoms with van der Waals surface area (Å²) in [5, 5.41) is 0. The van der Waals surface area contributed by atoms with Crippen LogP contribution in [0.5, 0.6) is 34.5 Å². The van der Waals surface area contributed by atoms with Gasteiger partial charge in [0, 0.05) is 11.1 Å². The van der Waals surface area contributed by atoms with E-state index in [1.54, 1.807) is 24.3 Å². The molecule has 14 nitrogen and oxygen atoms in total. The molecule has 2 rings (SSSR count). The molecule has 554 valence electrons. The van der Waals surface area contributed by atoms with Crippen LogP contribution >= 0.6 is 0 Å². The number of carbonyl (C=O) groups is 4. The van der Waals surface area contributed by atoms with Gasteiger partial charge >= 0.3 is 11.8 Å². The Kier molecular flexibility index (Phi) is 58.8. The first-order valence-corrected chi connectivity index (χ1v) is 40.6. The van der Waals surface area contributed by atoms with E-state index in [0.717, 1.165) is 116 Å². The van der Waals surface area contributed by atoms with Crippen LogP contribution < -0.4 is 50.1 Å². The fraction of sp³-hybridized carbons (Fsp3) is 0.805. The highest BCUT2D eigenvalue weighted by Crippen LogP contribution is 2.41. The van der Waals surface area contributed by atoms with Crippen LogP contribution in [0.25, 0.3) is 0 Å². The highest BCUT2D eigenvalue weighted by molar-refractivity contribution is 6.35. The lowest BCUT2D eigenvalue weighted by Gasteiger charge is -2.19. The third-order valence-corrected chi connectivity index (χ3v) is 18.4. The van der Waals surface area contributed by atoms with Crippen molar-refractivity contribution < 1.29 is 47.6 Å². The van der Waals surface area contributed by atoms with Gasteiger partial charge in [-0.2, -0.15) is 0 Å². The summed E-state index contributed by atoms with van der Waals surface area (Å²) >= 11 is 0. The van der Waals surface area contributed by atoms with Gasteiger partial charge < -0.3 is 28.4 Å². The molecule has 0 unspecified atom stereocenters. The van der Waals surface area contributed by atoms with Gasteiger partial charge in [0.2, 0.25) is 11.5 Å². The molecule has 0 radical (unpaired) electrons. The topological polar surface area (TPSA) is 172 Å². The van der Waals surface area contributed by atoms with Gasteiger partial charge in [-0.3, -0.25) is 40.9 Å². The molecule has 0 saturated carbocycles. The highest BCUT2D eigenvalue weighted by atomic mass is 16.5. The van der Waals surface area contributed by atoms with E-state index < -0.39 is 23.6 Å². The molecule has 2 aromatic carbocycles. The first-order valence-electron chi connectivity index (χ1n) is 40.6. The summed E-state index contributed by atoms with van der Waals surface area (Å²) in [6.07, 6.45) is 63.7. The average Bonchev–Trinajstić information content (AvgIpc) is 0.868. The van der Waals surface area contributed by atoms with Crippen molar-refractivity contribution in [3.63, 3.8) is 0 Å². The smallest absolute Gasteiger partial charge is 0.329 e. The number of benzene rings is 2. The fourth-order valence-corrected chi connectivity index (χ4v) is 12.2. The van der Waals surface area contributed by atoms with Gasteiger partial charge in [0.15, 0.2) is 23.0 Å². The molecule has 0 saturated heterocycles. The number of rotatable bonds is 68. The zero-order valence-electron chi connectivity index (χ0n) is 62.8. The second-order valence-corrected chi connectivity index (χ2v) is 27.5. The summed E-state index contributed by atoms with van der Waals surface area (Å²) in [5.41, 5.74) is 9.67. The summed E-state index contributed by atoms with van der Waals surface area (Å²) in [6, 6.07) is 6.51. The maximum absolute atomic E-state index is 14.1. The van der Waals surface area contributed by atoms with Crippen LogP contribution in [0.4, 0.5) is 0 Å². The standard InChI is InChI=1S/C82H146N4O10/c1-7-13-19-25-31-37-43-49-55-61-91-73-67-71(68-74(92-62-56-50-44-38-32-26-20-14-8-2)77(73)95-65-59-53-47-41-35-29-23-17-11-5)79(87)83-85-81(89)82(90)86-84-80(88)72-69-75(93-63-57-51-45-39-33-27-21-15-9-3)78(96-66-60-54-48-42-36-30-24-18-12-6)76(70-72)94-64-58-52-46-40-34-28-22-16-10-4/h67-70H,7-66H2,1-6H3,(H,83,87)(H,84,88)(H,85,89)(H,86,90). The molecule has 0 aliphatic rings. The Balaban J connectivity index is 2.34. The van der Waals surface area contributed by atoms with Crippen LogP contribution in [0.1, 0.15) is 409 Å². The van der Waals surface area contributed by atoms with Crippen LogP contribution in [0.2, 0.25) is 0 Å². The van der Waals surface area contributed by atoms with Crippen LogP contribution in [0.15, 0.2) is 24.3 Å². The zero-order valence-corrected chi connectivity index (χ0v) is 62.8. The predicted octanol–water partition coefficient (Wildman–Crippen LogP) is 23.4. The number of carbonyl (C=O) groups excluding carboxylic acids is 4. The van der Waals surface area contributed by atoms with Gasteiger partial charge in [0.25, 0.3) is 11.8 Å². The van der Waals surface area contributed by atoms with E-state index in [2.05, 4.69) is 63.2 Å². The number of amides is 4. The maximum atomic E-state index is 14.1. The number of hydrogen-bond donors (Lipinski definition) is 4. The Hall–Kier alpha value is -4.88. The minimum atomic E-state index is -1.19. The van der Waals surface area contributed by atoms with Gasteiger partial charge in [-0.15, -0.1) is 0 Å². The molecule has 0 atom stereocenters. The van der Waals surface area contributed by atoms with E-state index in [0.29, 0.717) is 74.1 Å². The minimum Gasteiger partial charge on any atom is -0.490 e. The lowest BCUT2D eigenvalue weighted by molar-refractivity contribution is -0.140. The molecule has 0 aliphatic heterocycles. The van der Waals surface area contributed by atoms with E-state index in [1.807, 2.05) is 0 Å². The highest BCUT2D eigenvalue weighted by Gasteiger charge is 2.24. The molecule has 4 N–H and O–H groups in total. The minimum absolute atomic E-state index is 0.163. The molecular weight excluding hydrogens is 1200 g/mol. The van der Waals surface area contributed by atoms with Crippen LogP contribution in [0, 0.1) is 0 Å². The summed E-state index contributed by atoms with van der Waals surface area (Å²) in [4.78, 5) is 55.0. The second-order valence-electron chi connectivity index (χ2n) is 27.5. The third-order valence-electron chi connectivity index (χ3n) is 18.4. The van der Waals surface area contributed by atoms with E-state index in [1.165, 1.54) is 231 Å². The number of hydrogen-bond acceptors (Lipinski definition) is 10. The van der Waals surface area contributed by atoms with Crippen LogP contribution in [-0.2, 0) is 9.59 Å². The summed E-state index contributed by atoms with van der Waals surface area (Å²) in [6.45, 7) is 16.2. The Morgan fingerprint density at radius 3 is 0.552 bits per heavy atom. The lowest BCUT2D eigenvalue weighted by Crippen LogP contribution is -2.52. The molecule has 0 spiro atoms. The second kappa shape index (κ2) is 64.8. The van der Waals surface area contributed by atoms with Gasteiger partial charge in [-0.05, 0) is 62.8 Å². The summed E-state index contributed by atoms with van der Waals surface area (Å²) in [7, 11) is 0. The van der Waals surface area contributed by atoms with Crippen molar-refractivity contribution in [3.05, 3.63) is 35.4 Å².